The average Bonchev–Trinajstić information content (AvgIpc) is 3.07. The van der Waals surface area contributed by atoms with Crippen LogP contribution in [0.25, 0.3) is 0 Å². The van der Waals surface area contributed by atoms with Gasteiger partial charge < -0.3 is 19.6 Å². The lowest BCUT2D eigenvalue weighted by atomic mass is 9.99. The number of halogens is 4. The third-order valence-corrected chi connectivity index (χ3v) is 9.66. The number of aliphatic imine (C=N–C) groups is 1. The quantitative estimate of drug-likeness (QED) is 0.408. The lowest BCUT2D eigenvalue weighted by Gasteiger charge is -2.47. The summed E-state index contributed by atoms with van der Waals surface area (Å²) in [4.78, 5) is 27.6. The lowest BCUT2D eigenvalue weighted by Crippen LogP contribution is -2.61. The predicted octanol–water partition coefficient (Wildman–Crippen LogP) is 5.92. The Balaban J connectivity index is 1.55. The van der Waals surface area contributed by atoms with Gasteiger partial charge in [0.25, 0.3) is 0 Å². The normalized spacial score (nSPS) is 24.9. The van der Waals surface area contributed by atoms with E-state index < -0.39 is 29.8 Å². The Hall–Kier alpha value is -2.51. The number of ether oxygens (including phenoxy) is 1. The number of benzene rings is 1. The second-order valence-electron chi connectivity index (χ2n) is 11.7. The van der Waals surface area contributed by atoms with Gasteiger partial charge in [-0.05, 0) is 68.7 Å². The number of nitrogens with zero attached hydrogens (tertiary/aromatic N) is 5. The van der Waals surface area contributed by atoms with E-state index in [2.05, 4.69) is 25.9 Å². The molecule has 0 saturated carbocycles. The second-order valence-corrected chi connectivity index (χ2v) is 13.5. The van der Waals surface area contributed by atoms with Gasteiger partial charge >= 0.3 is 12.3 Å². The molecule has 3 aliphatic rings. The number of amidine groups is 1. The number of carbonyl (C=O) groups excluding carboxylic acids is 1. The molecule has 4 heterocycles. The molecule has 0 radical (unpaired) electrons. The molecule has 0 spiro atoms. The van der Waals surface area contributed by atoms with Crippen molar-refractivity contribution < 1.29 is 27.8 Å². The van der Waals surface area contributed by atoms with Crippen LogP contribution in [0.3, 0.4) is 0 Å². The molecule has 0 aliphatic carbocycles. The molecule has 222 valence electrons. The first kappa shape index (κ1) is 30.0. The van der Waals surface area contributed by atoms with Crippen LogP contribution in [0.5, 0.6) is 0 Å². The number of aliphatic hydroxyl groups excluding tert-OH is 1. The van der Waals surface area contributed by atoms with Gasteiger partial charge in [-0.2, -0.15) is 13.2 Å². The van der Waals surface area contributed by atoms with E-state index in [0.717, 1.165) is 11.8 Å². The second kappa shape index (κ2) is 11.0. The average molecular weight is 657 g/mol. The van der Waals surface area contributed by atoms with E-state index in [1.807, 2.05) is 36.9 Å². The summed E-state index contributed by atoms with van der Waals surface area (Å²) < 4.78 is 48.5. The zero-order valence-corrected chi connectivity index (χ0v) is 25.8. The highest BCUT2D eigenvalue weighted by Crippen LogP contribution is 2.51. The SMILES string of the molecule is C[C@@H]1CN(C2=NC(O)N3C[C@@H](c4ccccn4)CSc4c(Br)c(C(F)(F)F)cc2c43)C[C@H](C)N1C(=O)OC(C)(C)C. The van der Waals surface area contributed by atoms with E-state index >= 15 is 0 Å². The summed E-state index contributed by atoms with van der Waals surface area (Å²) in [5, 5.41) is 11.3. The van der Waals surface area contributed by atoms with Crippen LogP contribution in [0, 0.1) is 0 Å². The Morgan fingerprint density at radius 1 is 1.15 bits per heavy atom. The van der Waals surface area contributed by atoms with Gasteiger partial charge in [-0.25, -0.2) is 9.79 Å². The van der Waals surface area contributed by atoms with E-state index in [0.29, 0.717) is 41.5 Å². The van der Waals surface area contributed by atoms with E-state index in [9.17, 15) is 23.1 Å². The van der Waals surface area contributed by atoms with Crippen molar-refractivity contribution in [2.75, 3.05) is 30.3 Å². The molecule has 1 unspecified atom stereocenters. The van der Waals surface area contributed by atoms with Crippen molar-refractivity contribution in [1.29, 1.82) is 0 Å². The Kier molecular flexibility index (Phi) is 8.01. The maximum Gasteiger partial charge on any atom is 0.417 e. The molecule has 2 aromatic rings. The number of amides is 1. The van der Waals surface area contributed by atoms with Gasteiger partial charge in [0.2, 0.25) is 6.35 Å². The summed E-state index contributed by atoms with van der Waals surface area (Å²) in [5.41, 5.74) is 0.153. The van der Waals surface area contributed by atoms with E-state index in [1.165, 1.54) is 11.8 Å². The van der Waals surface area contributed by atoms with Gasteiger partial charge in [0.1, 0.15) is 11.4 Å². The molecule has 0 bridgehead atoms. The van der Waals surface area contributed by atoms with Crippen molar-refractivity contribution in [3.63, 3.8) is 0 Å². The minimum atomic E-state index is -4.61. The summed E-state index contributed by atoms with van der Waals surface area (Å²) in [6.45, 7) is 10.1. The molecule has 1 N–H and O–H groups in total. The number of hydrogen-bond acceptors (Lipinski definition) is 8. The number of anilines is 1. The monoisotopic (exact) mass is 655 g/mol. The van der Waals surface area contributed by atoms with E-state index in [1.54, 1.807) is 36.8 Å². The minimum Gasteiger partial charge on any atom is -0.444 e. The molecule has 1 aromatic heterocycles. The molecule has 1 saturated heterocycles. The Labute approximate surface area is 250 Å². The first-order chi connectivity index (χ1) is 19.2. The fourth-order valence-electron chi connectivity index (χ4n) is 5.66. The molecule has 1 fully saturated rings. The molecule has 8 nitrogen and oxygen atoms in total. The number of piperazine rings is 1. The highest BCUT2D eigenvalue weighted by atomic mass is 79.9. The number of alkyl halides is 3. The minimum absolute atomic E-state index is 0.0506. The number of hydrogen-bond donors (Lipinski definition) is 1. The maximum absolute atomic E-state index is 14.3. The molecule has 4 atom stereocenters. The van der Waals surface area contributed by atoms with Gasteiger partial charge in [-0.15, -0.1) is 11.8 Å². The summed E-state index contributed by atoms with van der Waals surface area (Å²) in [7, 11) is 0. The number of carbonyl (C=O) groups is 1. The third-order valence-electron chi connectivity index (χ3n) is 7.32. The topological polar surface area (TPSA) is 81.5 Å². The molecule has 5 rings (SSSR count). The van der Waals surface area contributed by atoms with E-state index in [-0.39, 0.29) is 28.3 Å². The number of aliphatic hydroxyl groups is 1. The lowest BCUT2D eigenvalue weighted by molar-refractivity contribution is -0.138. The Bertz CT molecular complexity index is 1340. The van der Waals surface area contributed by atoms with Crippen LogP contribution in [0.15, 0.2) is 44.8 Å². The van der Waals surface area contributed by atoms with Crippen molar-refractivity contribution in [2.45, 2.75) is 75.6 Å². The highest BCUT2D eigenvalue weighted by molar-refractivity contribution is 9.10. The molecule has 1 amide bonds. The largest absolute Gasteiger partial charge is 0.444 e. The zero-order chi connectivity index (χ0) is 29.9. The molecular weight excluding hydrogens is 623 g/mol. The number of thioether (sulfide) groups is 1. The Morgan fingerprint density at radius 3 is 2.41 bits per heavy atom. The fourth-order valence-corrected chi connectivity index (χ4v) is 7.78. The van der Waals surface area contributed by atoms with E-state index in [4.69, 9.17) is 4.74 Å². The highest BCUT2D eigenvalue weighted by Gasteiger charge is 2.44. The van der Waals surface area contributed by atoms with Crippen molar-refractivity contribution in [1.82, 2.24) is 14.8 Å². The van der Waals surface area contributed by atoms with Gasteiger partial charge in [-0.1, -0.05) is 6.07 Å². The predicted molar refractivity (Wildman–Crippen MR) is 155 cm³/mol. The van der Waals surface area contributed by atoms with Crippen molar-refractivity contribution in [2.24, 2.45) is 4.99 Å². The summed E-state index contributed by atoms with van der Waals surface area (Å²) in [6.07, 6.45) is -4.68. The summed E-state index contributed by atoms with van der Waals surface area (Å²) >= 11 is 4.57. The fraction of sp³-hybridized carbons (Fsp3) is 0.536. The van der Waals surface area contributed by atoms with Gasteiger partial charge in [0, 0.05) is 58.1 Å². The van der Waals surface area contributed by atoms with Crippen LogP contribution >= 0.6 is 27.7 Å². The van der Waals surface area contributed by atoms with Crippen LogP contribution in [0.2, 0.25) is 0 Å². The van der Waals surface area contributed by atoms with Crippen LogP contribution in [0.4, 0.5) is 23.7 Å². The smallest absolute Gasteiger partial charge is 0.417 e. The zero-order valence-electron chi connectivity index (χ0n) is 23.4. The molecule has 13 heteroatoms. The van der Waals surface area contributed by atoms with Crippen LogP contribution in [-0.4, -0.2) is 81.2 Å². The van der Waals surface area contributed by atoms with Crippen LogP contribution < -0.4 is 4.90 Å². The third kappa shape index (κ3) is 5.90. The molecule has 41 heavy (non-hydrogen) atoms. The number of pyridine rings is 1. The van der Waals surface area contributed by atoms with Crippen molar-refractivity contribution in [3.05, 3.63) is 51.8 Å². The van der Waals surface area contributed by atoms with Gasteiger partial charge in [-0.3, -0.25) is 9.88 Å². The molecular formula is C28H33BrF3N5O3S. The van der Waals surface area contributed by atoms with Gasteiger partial charge in [0.15, 0.2) is 0 Å². The molecule has 1 aromatic carbocycles. The van der Waals surface area contributed by atoms with Gasteiger partial charge in [0.05, 0.1) is 23.3 Å². The summed E-state index contributed by atoms with van der Waals surface area (Å²) in [5.74, 6) is 0.610. The Morgan fingerprint density at radius 2 is 1.83 bits per heavy atom. The first-order valence-corrected chi connectivity index (χ1v) is 15.2. The van der Waals surface area contributed by atoms with Crippen LogP contribution in [-0.2, 0) is 10.9 Å². The van der Waals surface area contributed by atoms with Crippen LogP contribution in [0.1, 0.15) is 57.4 Å². The summed E-state index contributed by atoms with van der Waals surface area (Å²) in [6, 6.07) is 6.06. The molecule has 3 aliphatic heterocycles. The standard InChI is InChI=1S/C28H33BrF3N5O3S/c1-15-11-35(12-16(2)37(15)26(39)40-27(3,4)5)24-18-10-19(28(30,31)32)21(29)23-22(18)36(25(38)34-24)13-17(14-41-23)20-8-6-7-9-33-20/h6-10,15-17,25,38H,11-14H2,1-5H3/t15-,16+,17-,25?/m1/s1. The first-order valence-electron chi connectivity index (χ1n) is 13.4. The maximum atomic E-state index is 14.3. The van der Waals surface area contributed by atoms with Crippen molar-refractivity contribution >= 4 is 45.3 Å². The number of rotatable bonds is 1. The van der Waals surface area contributed by atoms with Crippen molar-refractivity contribution in [3.8, 4) is 0 Å². The number of aromatic nitrogens is 1.